The molecule has 1 aliphatic heterocycles. The van der Waals surface area contributed by atoms with Gasteiger partial charge in [0, 0.05) is 13.0 Å². The molecule has 1 unspecified atom stereocenters. The minimum absolute atomic E-state index is 0.00470. The molecule has 1 atom stereocenters. The van der Waals surface area contributed by atoms with Crippen LogP contribution < -0.4 is 4.90 Å². The summed E-state index contributed by atoms with van der Waals surface area (Å²) in [5.41, 5.74) is 0.459. The minimum atomic E-state index is -0.969. The summed E-state index contributed by atoms with van der Waals surface area (Å²) >= 11 is 2.04. The number of H-pyrrole nitrogens is 1. The smallest absolute Gasteiger partial charge is 0.308 e. The van der Waals surface area contributed by atoms with Gasteiger partial charge in [0.1, 0.15) is 10.0 Å². The molecule has 98 valence electrons. The van der Waals surface area contributed by atoms with Crippen molar-refractivity contribution >= 4 is 51.3 Å². The van der Waals surface area contributed by atoms with Crippen molar-refractivity contribution in [2.24, 2.45) is 5.92 Å². The van der Waals surface area contributed by atoms with E-state index in [1.54, 1.807) is 0 Å². The average Bonchev–Trinajstić information content (AvgIpc) is 2.94. The van der Waals surface area contributed by atoms with Gasteiger partial charge in [-0.3, -0.25) is 19.6 Å². The molecule has 2 aromatic heterocycles. The van der Waals surface area contributed by atoms with Gasteiger partial charge in [0.05, 0.1) is 11.3 Å². The maximum Gasteiger partial charge on any atom is 0.308 e. The van der Waals surface area contributed by atoms with Gasteiger partial charge in [-0.1, -0.05) is 0 Å². The number of hydrogen-bond acceptors (Lipinski definition) is 5. The number of halogens is 1. The van der Waals surface area contributed by atoms with E-state index in [1.165, 1.54) is 11.2 Å². The van der Waals surface area contributed by atoms with Crippen LogP contribution in [-0.2, 0) is 9.59 Å². The van der Waals surface area contributed by atoms with E-state index in [4.69, 9.17) is 5.11 Å². The second-order valence-electron chi connectivity index (χ2n) is 4.18. The number of aromatic amines is 1. The predicted octanol–water partition coefficient (Wildman–Crippen LogP) is 0.395. The van der Waals surface area contributed by atoms with Gasteiger partial charge in [0.25, 0.3) is 0 Å². The molecular formula is C10H8IN5O3. The summed E-state index contributed by atoms with van der Waals surface area (Å²) in [4.78, 5) is 32.4. The molecule has 8 nitrogen and oxygen atoms in total. The molecule has 0 aliphatic carbocycles. The van der Waals surface area contributed by atoms with Crippen LogP contribution in [0.15, 0.2) is 6.33 Å². The summed E-state index contributed by atoms with van der Waals surface area (Å²) < 4.78 is 0.717. The Bertz CT molecular complexity index is 685. The van der Waals surface area contributed by atoms with Crippen LogP contribution in [0.1, 0.15) is 6.42 Å². The lowest BCUT2D eigenvalue weighted by Crippen LogP contribution is -2.27. The van der Waals surface area contributed by atoms with Crippen molar-refractivity contribution in [1.29, 1.82) is 0 Å². The zero-order valence-electron chi connectivity index (χ0n) is 9.50. The number of rotatable bonds is 2. The van der Waals surface area contributed by atoms with Crippen molar-refractivity contribution in [3.8, 4) is 0 Å². The Morgan fingerprint density at radius 3 is 3.00 bits per heavy atom. The fourth-order valence-corrected chi connectivity index (χ4v) is 2.69. The zero-order valence-corrected chi connectivity index (χ0v) is 11.7. The molecule has 0 aromatic carbocycles. The number of aromatic nitrogens is 4. The normalized spacial score (nSPS) is 19.3. The second-order valence-corrected chi connectivity index (χ2v) is 5.26. The summed E-state index contributed by atoms with van der Waals surface area (Å²) in [7, 11) is 0. The van der Waals surface area contributed by atoms with Crippen LogP contribution in [0.25, 0.3) is 11.0 Å². The van der Waals surface area contributed by atoms with E-state index in [1.807, 2.05) is 22.6 Å². The first-order chi connectivity index (χ1) is 9.08. The van der Waals surface area contributed by atoms with E-state index in [0.29, 0.717) is 16.9 Å². The summed E-state index contributed by atoms with van der Waals surface area (Å²) in [6.07, 6.45) is 1.31. The van der Waals surface area contributed by atoms with Crippen molar-refractivity contribution in [3.63, 3.8) is 0 Å². The van der Waals surface area contributed by atoms with Crippen LogP contribution in [0.2, 0.25) is 0 Å². The zero-order chi connectivity index (χ0) is 13.6. The van der Waals surface area contributed by atoms with Crippen LogP contribution in [-0.4, -0.2) is 43.7 Å². The molecule has 0 saturated carbocycles. The van der Waals surface area contributed by atoms with E-state index in [0.717, 1.165) is 3.70 Å². The fraction of sp³-hybridized carbons (Fsp3) is 0.300. The van der Waals surface area contributed by atoms with Gasteiger partial charge in [0.2, 0.25) is 5.91 Å². The number of nitrogens with zero attached hydrogens (tertiary/aromatic N) is 4. The quantitative estimate of drug-likeness (QED) is 0.737. The standard InChI is InChI=1S/C10H8IN5O3/c11-7-6-8(15-14-7)12-3-13-9(6)16-2-4(10(18)19)1-5(16)17/h3-4H,1-2H2,(H,18,19)(H,12,13,14,15). The number of anilines is 1. The van der Waals surface area contributed by atoms with Crippen LogP contribution in [0, 0.1) is 9.62 Å². The van der Waals surface area contributed by atoms with Crippen molar-refractivity contribution < 1.29 is 14.7 Å². The van der Waals surface area contributed by atoms with Crippen LogP contribution in [0.3, 0.4) is 0 Å². The third-order valence-corrected chi connectivity index (χ3v) is 3.80. The van der Waals surface area contributed by atoms with Crippen LogP contribution >= 0.6 is 22.6 Å². The van der Waals surface area contributed by atoms with Gasteiger partial charge in [0.15, 0.2) is 11.5 Å². The first-order valence-corrected chi connectivity index (χ1v) is 6.53. The number of carbonyl (C=O) groups excluding carboxylic acids is 1. The lowest BCUT2D eigenvalue weighted by atomic mass is 10.1. The van der Waals surface area contributed by atoms with Gasteiger partial charge in [-0.05, 0) is 22.6 Å². The Kier molecular flexibility index (Phi) is 2.84. The molecule has 1 amide bonds. The van der Waals surface area contributed by atoms with Gasteiger partial charge >= 0.3 is 5.97 Å². The SMILES string of the molecule is O=C(O)C1CC(=O)N(c2ncnc3n[nH]c(I)c23)C1. The van der Waals surface area contributed by atoms with E-state index < -0.39 is 11.9 Å². The Labute approximate surface area is 120 Å². The van der Waals surface area contributed by atoms with Gasteiger partial charge < -0.3 is 5.11 Å². The van der Waals surface area contributed by atoms with E-state index in [9.17, 15) is 9.59 Å². The highest BCUT2D eigenvalue weighted by Gasteiger charge is 2.37. The number of carboxylic acids is 1. The Morgan fingerprint density at radius 1 is 1.53 bits per heavy atom. The van der Waals surface area contributed by atoms with Gasteiger partial charge in [-0.2, -0.15) is 5.10 Å². The predicted molar refractivity (Wildman–Crippen MR) is 72.5 cm³/mol. The fourth-order valence-electron chi connectivity index (χ4n) is 2.09. The molecule has 1 aliphatic rings. The number of carbonyl (C=O) groups is 2. The molecule has 3 rings (SSSR count). The number of hydrogen-bond donors (Lipinski definition) is 2. The summed E-state index contributed by atoms with van der Waals surface area (Å²) in [5, 5.41) is 16.4. The molecule has 2 N–H and O–H groups in total. The molecule has 2 aromatic rings. The first kappa shape index (κ1) is 12.3. The Hall–Kier alpha value is -1.78. The molecule has 3 heterocycles. The summed E-state index contributed by atoms with van der Waals surface area (Å²) in [6.45, 7) is 0.127. The molecule has 19 heavy (non-hydrogen) atoms. The van der Waals surface area contributed by atoms with Crippen LogP contribution in [0.4, 0.5) is 5.82 Å². The van der Waals surface area contributed by atoms with E-state index >= 15 is 0 Å². The lowest BCUT2D eigenvalue weighted by molar-refractivity contribution is -0.141. The third-order valence-electron chi connectivity index (χ3n) is 3.02. The molecule has 9 heteroatoms. The van der Waals surface area contributed by atoms with Crippen LogP contribution in [0.5, 0.6) is 0 Å². The molecule has 1 fully saturated rings. The molecular weight excluding hydrogens is 365 g/mol. The van der Waals surface area contributed by atoms with E-state index in [-0.39, 0.29) is 18.9 Å². The van der Waals surface area contributed by atoms with Gasteiger partial charge in [-0.25, -0.2) is 9.97 Å². The topological polar surface area (TPSA) is 112 Å². The maximum absolute atomic E-state index is 11.9. The maximum atomic E-state index is 11.9. The second kappa shape index (κ2) is 4.40. The summed E-state index contributed by atoms with van der Waals surface area (Å²) in [6, 6.07) is 0. The van der Waals surface area contributed by atoms with E-state index in [2.05, 4.69) is 20.2 Å². The molecule has 0 spiro atoms. The molecule has 0 radical (unpaired) electrons. The third kappa shape index (κ3) is 1.93. The first-order valence-electron chi connectivity index (χ1n) is 5.45. The Morgan fingerprint density at radius 2 is 2.32 bits per heavy atom. The number of carboxylic acid groups (broad SMARTS) is 1. The highest BCUT2D eigenvalue weighted by molar-refractivity contribution is 14.1. The summed E-state index contributed by atoms with van der Waals surface area (Å²) in [5.74, 6) is -1.49. The number of amides is 1. The van der Waals surface area contributed by atoms with Crippen molar-refractivity contribution in [3.05, 3.63) is 10.0 Å². The molecule has 1 saturated heterocycles. The number of fused-ring (bicyclic) bond motifs is 1. The highest BCUT2D eigenvalue weighted by atomic mass is 127. The minimum Gasteiger partial charge on any atom is -0.481 e. The van der Waals surface area contributed by atoms with Gasteiger partial charge in [-0.15, -0.1) is 0 Å². The van der Waals surface area contributed by atoms with Crippen molar-refractivity contribution in [2.75, 3.05) is 11.4 Å². The highest BCUT2D eigenvalue weighted by Crippen LogP contribution is 2.30. The monoisotopic (exact) mass is 373 g/mol. The lowest BCUT2D eigenvalue weighted by Gasteiger charge is -2.15. The largest absolute Gasteiger partial charge is 0.481 e. The molecule has 0 bridgehead atoms. The van der Waals surface area contributed by atoms with Crippen molar-refractivity contribution in [1.82, 2.24) is 20.2 Å². The average molecular weight is 373 g/mol. The number of aliphatic carboxylic acids is 1. The van der Waals surface area contributed by atoms with Crippen molar-refractivity contribution in [2.45, 2.75) is 6.42 Å². The number of nitrogens with one attached hydrogen (secondary N) is 1. The Balaban J connectivity index is 2.08.